The first-order chi connectivity index (χ1) is 5.00. The molecule has 0 amide bonds. The first kappa shape index (κ1) is 8.89. The van der Waals surface area contributed by atoms with Gasteiger partial charge in [-0.2, -0.15) is 0 Å². The highest BCUT2D eigenvalue weighted by Crippen LogP contribution is 2.12. The summed E-state index contributed by atoms with van der Waals surface area (Å²) in [6.45, 7) is 2.29. The zero-order chi connectivity index (χ0) is 8.48. The Morgan fingerprint density at radius 3 is 2.55 bits per heavy atom. The van der Waals surface area contributed by atoms with E-state index >= 15 is 0 Å². The van der Waals surface area contributed by atoms with Crippen molar-refractivity contribution in [3.05, 3.63) is 0 Å². The monoisotopic (exact) mass is 164 g/mol. The maximum atomic E-state index is 8.56. The Balaban J connectivity index is 2.13. The molecule has 5 nitrogen and oxygen atoms in total. The molecule has 2 atom stereocenters. The molecule has 5 heteroatoms. The Kier molecular flexibility index (Phi) is 2.46. The van der Waals surface area contributed by atoms with E-state index in [0.29, 0.717) is 6.61 Å². The third-order valence-corrected chi connectivity index (χ3v) is 1.48. The molecular formula is C6H12O5. The van der Waals surface area contributed by atoms with Crippen LogP contribution in [0.5, 0.6) is 0 Å². The molecule has 0 spiro atoms. The number of rotatable bonds is 4. The van der Waals surface area contributed by atoms with Crippen molar-refractivity contribution in [1.82, 2.24) is 0 Å². The van der Waals surface area contributed by atoms with Gasteiger partial charge in [0, 0.05) is 0 Å². The molecule has 3 N–H and O–H groups in total. The second-order valence-corrected chi connectivity index (χ2v) is 2.62. The fourth-order valence-electron chi connectivity index (χ4n) is 0.528. The van der Waals surface area contributed by atoms with Crippen molar-refractivity contribution in [2.45, 2.75) is 25.1 Å². The van der Waals surface area contributed by atoms with Crippen molar-refractivity contribution in [2.24, 2.45) is 0 Å². The molecule has 0 radical (unpaired) electrons. The standard InChI is InChI=1S/C6H12O5/c1-4(6(7,8)9)10-2-5-3-11-5/h4-5,7-9H,2-3H2,1H3. The molecule has 0 aromatic heterocycles. The van der Waals surface area contributed by atoms with Crippen molar-refractivity contribution in [3.8, 4) is 0 Å². The first-order valence-corrected chi connectivity index (χ1v) is 3.40. The first-order valence-electron chi connectivity index (χ1n) is 3.40. The fourth-order valence-corrected chi connectivity index (χ4v) is 0.528. The summed E-state index contributed by atoms with van der Waals surface area (Å²) >= 11 is 0. The molecular weight excluding hydrogens is 152 g/mol. The number of hydrogen-bond acceptors (Lipinski definition) is 5. The van der Waals surface area contributed by atoms with Crippen LogP contribution in [0.25, 0.3) is 0 Å². The lowest BCUT2D eigenvalue weighted by atomic mass is 10.3. The van der Waals surface area contributed by atoms with E-state index in [1.807, 2.05) is 0 Å². The van der Waals surface area contributed by atoms with Crippen molar-refractivity contribution in [1.29, 1.82) is 0 Å². The third kappa shape index (κ3) is 3.13. The van der Waals surface area contributed by atoms with Gasteiger partial charge in [0.15, 0.2) is 0 Å². The SMILES string of the molecule is CC(OCC1CO1)C(O)(O)O. The van der Waals surface area contributed by atoms with E-state index in [1.165, 1.54) is 6.92 Å². The predicted octanol–water partition coefficient (Wildman–Crippen LogP) is -1.58. The molecule has 0 saturated carbocycles. The number of aliphatic hydroxyl groups is 3. The van der Waals surface area contributed by atoms with Crippen molar-refractivity contribution in [2.75, 3.05) is 13.2 Å². The highest BCUT2D eigenvalue weighted by molar-refractivity contribution is 4.69. The van der Waals surface area contributed by atoms with Crippen LogP contribution < -0.4 is 0 Å². The summed E-state index contributed by atoms with van der Waals surface area (Å²) in [6.07, 6.45) is -0.966. The molecule has 1 rings (SSSR count). The Bertz CT molecular complexity index is 125. The van der Waals surface area contributed by atoms with Gasteiger partial charge in [-0.3, -0.25) is 0 Å². The van der Waals surface area contributed by atoms with Gasteiger partial charge in [0.25, 0.3) is 0 Å². The molecule has 2 unspecified atom stereocenters. The van der Waals surface area contributed by atoms with Gasteiger partial charge in [-0.15, -0.1) is 0 Å². The van der Waals surface area contributed by atoms with E-state index in [2.05, 4.69) is 0 Å². The zero-order valence-corrected chi connectivity index (χ0v) is 6.23. The van der Waals surface area contributed by atoms with E-state index in [9.17, 15) is 0 Å². The quantitative estimate of drug-likeness (QED) is 0.345. The number of hydrogen-bond donors (Lipinski definition) is 3. The summed E-state index contributed by atoms with van der Waals surface area (Å²) in [5.41, 5.74) is 0. The van der Waals surface area contributed by atoms with Gasteiger partial charge in [-0.25, -0.2) is 0 Å². The van der Waals surface area contributed by atoms with Crippen LogP contribution in [0.2, 0.25) is 0 Å². The van der Waals surface area contributed by atoms with Crippen LogP contribution >= 0.6 is 0 Å². The smallest absolute Gasteiger partial charge is 0.302 e. The Labute approximate surface area is 64.2 Å². The van der Waals surface area contributed by atoms with E-state index in [0.717, 1.165) is 0 Å². The highest BCUT2D eigenvalue weighted by Gasteiger charge is 2.31. The van der Waals surface area contributed by atoms with Crippen LogP contribution in [0.15, 0.2) is 0 Å². The maximum Gasteiger partial charge on any atom is 0.302 e. The van der Waals surface area contributed by atoms with Gasteiger partial charge in [-0.1, -0.05) is 0 Å². The number of epoxide rings is 1. The predicted molar refractivity (Wildman–Crippen MR) is 34.5 cm³/mol. The largest absolute Gasteiger partial charge is 0.371 e. The van der Waals surface area contributed by atoms with Crippen LogP contribution in [0.4, 0.5) is 0 Å². The van der Waals surface area contributed by atoms with Crippen molar-refractivity contribution >= 4 is 0 Å². The van der Waals surface area contributed by atoms with E-state index in [-0.39, 0.29) is 12.7 Å². The normalized spacial score (nSPS) is 26.7. The molecule has 0 aromatic carbocycles. The summed E-state index contributed by atoms with van der Waals surface area (Å²) in [5, 5.41) is 25.7. The van der Waals surface area contributed by atoms with Crippen LogP contribution in [-0.4, -0.2) is 46.7 Å². The highest BCUT2D eigenvalue weighted by atomic mass is 16.7. The average molecular weight is 164 g/mol. The molecule has 1 aliphatic rings. The topological polar surface area (TPSA) is 82.5 Å². The second-order valence-electron chi connectivity index (χ2n) is 2.62. The molecule has 1 saturated heterocycles. The maximum absolute atomic E-state index is 8.56. The molecule has 0 aromatic rings. The molecule has 1 fully saturated rings. The van der Waals surface area contributed by atoms with Crippen molar-refractivity contribution in [3.63, 3.8) is 0 Å². The summed E-state index contributed by atoms with van der Waals surface area (Å²) in [4.78, 5) is 0. The summed E-state index contributed by atoms with van der Waals surface area (Å²) in [7, 11) is 0. The summed E-state index contributed by atoms with van der Waals surface area (Å²) in [5.74, 6) is -2.76. The van der Waals surface area contributed by atoms with Crippen LogP contribution in [0, 0.1) is 0 Å². The Hall–Kier alpha value is -0.200. The van der Waals surface area contributed by atoms with E-state index in [1.54, 1.807) is 0 Å². The zero-order valence-electron chi connectivity index (χ0n) is 6.23. The van der Waals surface area contributed by atoms with Gasteiger partial charge < -0.3 is 24.8 Å². The molecule has 1 aliphatic heterocycles. The fraction of sp³-hybridized carbons (Fsp3) is 1.00. The molecule has 0 aliphatic carbocycles. The van der Waals surface area contributed by atoms with Gasteiger partial charge in [0.05, 0.1) is 13.2 Å². The summed E-state index contributed by atoms with van der Waals surface area (Å²) in [6, 6.07) is 0. The molecule has 0 bridgehead atoms. The summed E-state index contributed by atoms with van der Waals surface area (Å²) < 4.78 is 9.66. The lowest BCUT2D eigenvalue weighted by Gasteiger charge is -2.21. The molecule has 66 valence electrons. The van der Waals surface area contributed by atoms with Gasteiger partial charge >= 0.3 is 5.97 Å². The Morgan fingerprint density at radius 2 is 2.18 bits per heavy atom. The van der Waals surface area contributed by atoms with Crippen molar-refractivity contribution < 1.29 is 24.8 Å². The minimum absolute atomic E-state index is 0.0554. The van der Waals surface area contributed by atoms with E-state index < -0.39 is 12.1 Å². The molecule has 11 heavy (non-hydrogen) atoms. The lowest BCUT2D eigenvalue weighted by molar-refractivity contribution is -0.357. The van der Waals surface area contributed by atoms with Crippen LogP contribution in [-0.2, 0) is 9.47 Å². The Morgan fingerprint density at radius 1 is 1.64 bits per heavy atom. The second kappa shape index (κ2) is 3.04. The minimum atomic E-state index is -2.76. The third-order valence-electron chi connectivity index (χ3n) is 1.48. The van der Waals surface area contributed by atoms with Crippen LogP contribution in [0.1, 0.15) is 6.92 Å². The minimum Gasteiger partial charge on any atom is -0.371 e. The van der Waals surface area contributed by atoms with Gasteiger partial charge in [-0.05, 0) is 6.92 Å². The van der Waals surface area contributed by atoms with Crippen LogP contribution in [0.3, 0.4) is 0 Å². The van der Waals surface area contributed by atoms with Gasteiger partial charge in [0.2, 0.25) is 0 Å². The average Bonchev–Trinajstić information content (AvgIpc) is 2.62. The lowest BCUT2D eigenvalue weighted by Crippen LogP contribution is -2.42. The van der Waals surface area contributed by atoms with E-state index in [4.69, 9.17) is 24.8 Å². The van der Waals surface area contributed by atoms with Gasteiger partial charge in [0.1, 0.15) is 12.2 Å². The molecule has 1 heterocycles. The number of ether oxygens (including phenoxy) is 2.